The van der Waals surface area contributed by atoms with E-state index in [9.17, 15) is 17.8 Å². The molecule has 1 aliphatic rings. The highest BCUT2D eigenvalue weighted by molar-refractivity contribution is 7.80. The molecule has 0 N–H and O–H groups in total. The normalized spacial score (nSPS) is 25.7. The second-order valence-corrected chi connectivity index (χ2v) is 6.87. The Balaban J connectivity index is 0.000000567. The second-order valence-electron chi connectivity index (χ2n) is 5.72. The van der Waals surface area contributed by atoms with Crippen molar-refractivity contribution in [2.24, 2.45) is 0 Å². The molecular formula is C14H29NO5S. The molecule has 1 fully saturated rings. The quantitative estimate of drug-likeness (QED) is 0.438. The minimum Gasteiger partial charge on any atom is -0.726 e. The Morgan fingerprint density at radius 1 is 1.24 bits per heavy atom. The Hall–Kier alpha value is -0.500. The maximum absolute atomic E-state index is 11.7. The lowest BCUT2D eigenvalue weighted by atomic mass is 9.97. The Bertz CT molecular complexity index is 411. The van der Waals surface area contributed by atoms with Crippen LogP contribution in [0.1, 0.15) is 53.4 Å². The van der Waals surface area contributed by atoms with Crippen molar-refractivity contribution in [3.63, 3.8) is 0 Å². The largest absolute Gasteiger partial charge is 0.726 e. The Labute approximate surface area is 129 Å². The van der Waals surface area contributed by atoms with Crippen LogP contribution in [0.5, 0.6) is 0 Å². The van der Waals surface area contributed by atoms with Gasteiger partial charge in [-0.15, -0.1) is 0 Å². The first-order valence-corrected chi connectivity index (χ1v) is 8.85. The van der Waals surface area contributed by atoms with Crippen LogP contribution in [-0.4, -0.2) is 55.5 Å². The van der Waals surface area contributed by atoms with E-state index in [0.717, 1.165) is 31.0 Å². The van der Waals surface area contributed by atoms with Crippen molar-refractivity contribution < 1.29 is 26.4 Å². The third-order valence-electron chi connectivity index (χ3n) is 4.64. The maximum atomic E-state index is 11.7. The molecule has 0 aromatic carbocycles. The molecule has 0 aliphatic carbocycles. The maximum Gasteiger partial charge on any atom is 0.217 e. The number of piperidine rings is 1. The number of carbonyl (C=O) groups excluding carboxylic acids is 1. The lowest BCUT2D eigenvalue weighted by Gasteiger charge is -2.49. The van der Waals surface area contributed by atoms with E-state index in [2.05, 4.69) is 31.9 Å². The average molecular weight is 323 g/mol. The van der Waals surface area contributed by atoms with Crippen LogP contribution in [-0.2, 0) is 19.4 Å². The number of Topliss-reactive ketones (excluding diaryl/α,β-unsaturated/α-hetero) is 1. The molecule has 1 aliphatic heterocycles. The van der Waals surface area contributed by atoms with Gasteiger partial charge in [0.1, 0.15) is 6.54 Å². The Morgan fingerprint density at radius 3 is 1.95 bits per heavy atom. The van der Waals surface area contributed by atoms with Gasteiger partial charge in [-0.3, -0.25) is 8.98 Å². The van der Waals surface area contributed by atoms with Crippen molar-refractivity contribution in [2.75, 3.05) is 20.2 Å². The molecule has 0 amide bonds. The van der Waals surface area contributed by atoms with Crippen LogP contribution >= 0.6 is 0 Å². The van der Waals surface area contributed by atoms with E-state index in [-0.39, 0.29) is 0 Å². The number of likely N-dealkylation sites (tertiary alicyclic amines) is 1. The molecule has 1 rings (SSSR count). The highest BCUT2D eigenvalue weighted by atomic mass is 32.3. The fraction of sp³-hybridized carbons (Fsp3) is 0.929. The van der Waals surface area contributed by atoms with Crippen molar-refractivity contribution >= 4 is 16.2 Å². The van der Waals surface area contributed by atoms with Crippen molar-refractivity contribution in [1.82, 2.24) is 0 Å². The zero-order valence-corrected chi connectivity index (χ0v) is 14.6. The van der Waals surface area contributed by atoms with Gasteiger partial charge in [0.2, 0.25) is 10.4 Å². The van der Waals surface area contributed by atoms with E-state index in [1.54, 1.807) is 0 Å². The molecule has 1 heterocycles. The molecule has 6 nitrogen and oxygen atoms in total. The minimum absolute atomic E-state index is 0.474. The van der Waals surface area contributed by atoms with Gasteiger partial charge in [-0.25, -0.2) is 8.42 Å². The molecule has 0 spiro atoms. The van der Waals surface area contributed by atoms with Crippen LogP contribution in [0.25, 0.3) is 0 Å². The number of hydrogen-bond donors (Lipinski definition) is 0. The molecule has 126 valence electrons. The summed E-state index contributed by atoms with van der Waals surface area (Å²) in [5.74, 6) is 0.474. The molecule has 0 aromatic heterocycles. The summed E-state index contributed by atoms with van der Waals surface area (Å²) >= 11 is 0. The summed E-state index contributed by atoms with van der Waals surface area (Å²) in [4.78, 5) is 11.7. The predicted octanol–water partition coefficient (Wildman–Crippen LogP) is 1.86. The lowest BCUT2D eigenvalue weighted by molar-refractivity contribution is -0.965. The fourth-order valence-electron chi connectivity index (χ4n) is 2.97. The van der Waals surface area contributed by atoms with Gasteiger partial charge in [0.05, 0.1) is 25.7 Å². The number of quaternary nitrogens is 1. The highest BCUT2D eigenvalue weighted by Gasteiger charge is 2.41. The summed E-state index contributed by atoms with van der Waals surface area (Å²) in [6.07, 6.45) is 4.26. The van der Waals surface area contributed by atoms with Gasteiger partial charge in [-0.1, -0.05) is 13.8 Å². The average Bonchev–Trinajstić information content (AvgIpc) is 2.45. The number of ketones is 1. The number of rotatable bonds is 5. The van der Waals surface area contributed by atoms with Crippen molar-refractivity contribution in [2.45, 2.75) is 65.5 Å². The molecule has 0 bridgehead atoms. The molecule has 21 heavy (non-hydrogen) atoms. The van der Waals surface area contributed by atoms with Crippen LogP contribution in [0.3, 0.4) is 0 Å². The van der Waals surface area contributed by atoms with Gasteiger partial charge < -0.3 is 9.04 Å². The molecule has 2 atom stereocenters. The molecule has 1 saturated heterocycles. The van der Waals surface area contributed by atoms with Gasteiger partial charge >= 0.3 is 0 Å². The minimum atomic E-state index is -4.41. The van der Waals surface area contributed by atoms with E-state index in [4.69, 9.17) is 0 Å². The number of carbonyl (C=O) groups is 1. The van der Waals surface area contributed by atoms with E-state index in [1.807, 2.05) is 0 Å². The van der Waals surface area contributed by atoms with Crippen LogP contribution in [0.2, 0.25) is 0 Å². The number of nitrogens with zero attached hydrogens (tertiary/aromatic N) is 1. The monoisotopic (exact) mass is 323 g/mol. The highest BCUT2D eigenvalue weighted by Crippen LogP contribution is 2.28. The Morgan fingerprint density at radius 2 is 1.67 bits per heavy atom. The van der Waals surface area contributed by atoms with Gasteiger partial charge in [0.25, 0.3) is 0 Å². The third kappa shape index (κ3) is 6.42. The van der Waals surface area contributed by atoms with Gasteiger partial charge in [0.15, 0.2) is 5.78 Å². The second kappa shape index (κ2) is 8.82. The zero-order chi connectivity index (χ0) is 16.7. The summed E-state index contributed by atoms with van der Waals surface area (Å²) in [5, 5.41) is 0. The fourth-order valence-corrected chi connectivity index (χ4v) is 2.97. The smallest absolute Gasteiger partial charge is 0.217 e. The Kier molecular flexibility index (Phi) is 8.61. The predicted molar refractivity (Wildman–Crippen MR) is 80.4 cm³/mol. The zero-order valence-electron chi connectivity index (χ0n) is 13.8. The molecule has 0 saturated carbocycles. The summed E-state index contributed by atoms with van der Waals surface area (Å²) in [5.41, 5.74) is 0. The van der Waals surface area contributed by atoms with E-state index in [1.165, 1.54) is 19.4 Å². The van der Waals surface area contributed by atoms with Gasteiger partial charge in [-0.2, -0.15) is 0 Å². The first-order chi connectivity index (χ1) is 9.62. The van der Waals surface area contributed by atoms with Gasteiger partial charge in [-0.05, 0) is 26.7 Å². The van der Waals surface area contributed by atoms with Crippen LogP contribution < -0.4 is 0 Å². The van der Waals surface area contributed by atoms with Crippen molar-refractivity contribution in [1.29, 1.82) is 0 Å². The summed E-state index contributed by atoms with van der Waals surface area (Å²) in [7, 11) is -3.60. The third-order valence-corrected chi connectivity index (χ3v) is 5.05. The van der Waals surface area contributed by atoms with Crippen LogP contribution in [0, 0.1) is 0 Å². The van der Waals surface area contributed by atoms with E-state index < -0.39 is 10.4 Å². The standard InChI is InChI=1S/C13H26NO.CH4O4S/c1-5-11(3)14(12(4)6-2)9-7-8-13(15)10-14;1-5-6(2,3)4/h11-12H,5-10H2,1-4H3;1H3,(H,2,3,4)/q+1;/p-1. The number of hydrogen-bond acceptors (Lipinski definition) is 5. The molecule has 0 radical (unpaired) electrons. The van der Waals surface area contributed by atoms with Crippen LogP contribution in [0.4, 0.5) is 0 Å². The topological polar surface area (TPSA) is 83.5 Å². The SMILES string of the molecule is CCC(C)[N+]1(C(C)CC)CCCC(=O)C1.COS(=O)(=O)[O-]. The first-order valence-electron chi connectivity index (χ1n) is 7.52. The first kappa shape index (κ1) is 20.5. The van der Waals surface area contributed by atoms with E-state index in [0.29, 0.717) is 17.9 Å². The summed E-state index contributed by atoms with van der Waals surface area (Å²) < 4.78 is 32.1. The molecule has 7 heteroatoms. The van der Waals surface area contributed by atoms with Gasteiger partial charge in [0, 0.05) is 12.8 Å². The summed E-state index contributed by atoms with van der Waals surface area (Å²) in [6, 6.07) is 1.26. The van der Waals surface area contributed by atoms with E-state index >= 15 is 0 Å². The van der Waals surface area contributed by atoms with Crippen molar-refractivity contribution in [3.8, 4) is 0 Å². The molecular weight excluding hydrogens is 294 g/mol. The lowest BCUT2D eigenvalue weighted by Crippen LogP contribution is -2.63. The molecule has 2 unspecified atom stereocenters. The van der Waals surface area contributed by atoms with Crippen LogP contribution in [0.15, 0.2) is 0 Å². The summed E-state index contributed by atoms with van der Waals surface area (Å²) in [6.45, 7) is 11.1. The van der Waals surface area contributed by atoms with Crippen molar-refractivity contribution in [3.05, 3.63) is 0 Å². The molecule has 0 aromatic rings.